The van der Waals surface area contributed by atoms with E-state index in [1.165, 1.54) is 0 Å². The number of rotatable bonds is 2. The van der Waals surface area contributed by atoms with Crippen LogP contribution >= 0.6 is 0 Å². The molecule has 2 rings (SSSR count). The van der Waals surface area contributed by atoms with Crippen molar-refractivity contribution < 1.29 is 0 Å². The Morgan fingerprint density at radius 2 is 1.82 bits per heavy atom. The number of hydrogen-bond acceptors (Lipinski definition) is 1. The average molecular weight is 230 g/mol. The van der Waals surface area contributed by atoms with E-state index in [0.29, 0.717) is 6.54 Å². The van der Waals surface area contributed by atoms with Crippen LogP contribution in [0.15, 0.2) is 41.2 Å². The van der Waals surface area contributed by atoms with Gasteiger partial charge >= 0.3 is 0 Å². The van der Waals surface area contributed by atoms with Crippen LogP contribution in [0.25, 0.3) is 0 Å². The number of benzene rings is 1. The first-order chi connectivity index (χ1) is 7.97. The fourth-order valence-electron chi connectivity index (χ4n) is 1.70. The number of nitrogens with zero attached hydrogens (tertiary/aromatic N) is 1. The lowest BCUT2D eigenvalue weighted by Crippen LogP contribution is -2.17. The minimum atomic E-state index is -0.0267. The van der Waals surface area contributed by atoms with Gasteiger partial charge in [0.25, 0.3) is 5.56 Å². The molecule has 2 aromatic rings. The third kappa shape index (κ3) is 2.67. The molecule has 1 aromatic heterocycles. The highest BCUT2D eigenvalue weighted by Gasteiger charge is 2.17. The molecule has 0 saturated carbocycles. The van der Waals surface area contributed by atoms with Gasteiger partial charge in [-0.3, -0.25) is 9.89 Å². The Morgan fingerprint density at radius 1 is 1.18 bits per heavy atom. The number of aromatic nitrogens is 2. The van der Waals surface area contributed by atoms with Crippen LogP contribution in [0.2, 0.25) is 0 Å². The molecule has 0 atom stereocenters. The molecule has 0 unspecified atom stereocenters. The Hall–Kier alpha value is -1.77. The Kier molecular flexibility index (Phi) is 2.92. The quantitative estimate of drug-likeness (QED) is 0.845. The lowest BCUT2D eigenvalue weighted by atomic mass is 9.93. The summed E-state index contributed by atoms with van der Waals surface area (Å²) in [6.07, 6.45) is 0. The summed E-state index contributed by atoms with van der Waals surface area (Å²) < 4.78 is 1.65. The zero-order valence-electron chi connectivity index (χ0n) is 10.5. The first kappa shape index (κ1) is 11.7. The molecule has 0 radical (unpaired) electrons. The number of H-pyrrole nitrogens is 1. The summed E-state index contributed by atoms with van der Waals surface area (Å²) in [5.74, 6) is 0. The van der Waals surface area contributed by atoms with Crippen molar-refractivity contribution in [1.82, 2.24) is 9.78 Å². The van der Waals surface area contributed by atoms with Gasteiger partial charge in [-0.15, -0.1) is 0 Å². The fraction of sp³-hybridized carbons (Fsp3) is 0.357. The number of nitrogens with one attached hydrogen (secondary N) is 1. The van der Waals surface area contributed by atoms with Crippen LogP contribution in [-0.2, 0) is 12.0 Å². The van der Waals surface area contributed by atoms with Gasteiger partial charge in [0.05, 0.1) is 6.54 Å². The predicted octanol–water partition coefficient (Wildman–Crippen LogP) is 2.52. The first-order valence-electron chi connectivity index (χ1n) is 5.81. The minimum Gasteiger partial charge on any atom is -0.299 e. The molecule has 90 valence electrons. The lowest BCUT2D eigenvalue weighted by molar-refractivity contribution is 0.543. The van der Waals surface area contributed by atoms with Crippen LogP contribution in [0.3, 0.4) is 0 Å². The smallest absolute Gasteiger partial charge is 0.267 e. The second-order valence-corrected chi connectivity index (χ2v) is 5.33. The molecular formula is C14H18N2O. The van der Waals surface area contributed by atoms with E-state index in [9.17, 15) is 4.79 Å². The highest BCUT2D eigenvalue weighted by atomic mass is 16.1. The van der Waals surface area contributed by atoms with Crippen LogP contribution in [0.1, 0.15) is 32.0 Å². The lowest BCUT2D eigenvalue weighted by Gasteiger charge is -2.15. The van der Waals surface area contributed by atoms with Crippen molar-refractivity contribution in [3.05, 3.63) is 58.0 Å². The molecule has 0 amide bonds. The molecule has 1 N–H and O–H groups in total. The SMILES string of the molecule is CC(C)(C)c1cc(=O)n(Cc2ccccc2)[nH]1. The van der Waals surface area contributed by atoms with E-state index >= 15 is 0 Å². The zero-order chi connectivity index (χ0) is 12.5. The molecule has 0 aliphatic carbocycles. The van der Waals surface area contributed by atoms with Crippen molar-refractivity contribution in [3.8, 4) is 0 Å². The van der Waals surface area contributed by atoms with E-state index in [1.807, 2.05) is 30.3 Å². The second-order valence-electron chi connectivity index (χ2n) is 5.33. The molecule has 0 bridgehead atoms. The van der Waals surface area contributed by atoms with Gasteiger partial charge in [0.15, 0.2) is 0 Å². The van der Waals surface area contributed by atoms with Gasteiger partial charge in [-0.05, 0) is 5.56 Å². The average Bonchev–Trinajstić information content (AvgIpc) is 2.62. The maximum atomic E-state index is 11.8. The Morgan fingerprint density at radius 3 is 2.35 bits per heavy atom. The Balaban J connectivity index is 2.29. The highest BCUT2D eigenvalue weighted by molar-refractivity contribution is 5.16. The molecule has 1 heterocycles. The summed E-state index contributed by atoms with van der Waals surface area (Å²) in [5.41, 5.74) is 2.09. The largest absolute Gasteiger partial charge is 0.299 e. The summed E-state index contributed by atoms with van der Waals surface area (Å²) in [6.45, 7) is 6.86. The van der Waals surface area contributed by atoms with Crippen LogP contribution in [-0.4, -0.2) is 9.78 Å². The van der Waals surface area contributed by atoms with Gasteiger partial charge in [0.1, 0.15) is 0 Å². The molecule has 0 saturated heterocycles. The van der Waals surface area contributed by atoms with E-state index in [0.717, 1.165) is 11.3 Å². The van der Waals surface area contributed by atoms with Crippen molar-refractivity contribution in [2.75, 3.05) is 0 Å². The third-order valence-corrected chi connectivity index (χ3v) is 2.78. The Labute approximate surface area is 101 Å². The Bertz CT molecular complexity index is 544. The minimum absolute atomic E-state index is 0.0266. The number of aromatic amines is 1. The zero-order valence-corrected chi connectivity index (χ0v) is 10.5. The van der Waals surface area contributed by atoms with E-state index in [4.69, 9.17) is 0 Å². The fourth-order valence-corrected chi connectivity index (χ4v) is 1.70. The van der Waals surface area contributed by atoms with Crippen molar-refractivity contribution in [2.24, 2.45) is 0 Å². The van der Waals surface area contributed by atoms with E-state index in [1.54, 1.807) is 10.7 Å². The van der Waals surface area contributed by atoms with Gasteiger partial charge in [-0.1, -0.05) is 51.1 Å². The molecular weight excluding hydrogens is 212 g/mol. The molecule has 3 nitrogen and oxygen atoms in total. The third-order valence-electron chi connectivity index (χ3n) is 2.78. The molecule has 3 heteroatoms. The molecule has 0 aliphatic heterocycles. The topological polar surface area (TPSA) is 37.8 Å². The van der Waals surface area contributed by atoms with Crippen LogP contribution in [0.5, 0.6) is 0 Å². The van der Waals surface area contributed by atoms with Crippen LogP contribution in [0.4, 0.5) is 0 Å². The van der Waals surface area contributed by atoms with Gasteiger partial charge in [0.2, 0.25) is 0 Å². The first-order valence-corrected chi connectivity index (χ1v) is 5.81. The molecule has 0 aliphatic rings. The van der Waals surface area contributed by atoms with Crippen molar-refractivity contribution in [1.29, 1.82) is 0 Å². The van der Waals surface area contributed by atoms with Gasteiger partial charge in [-0.25, -0.2) is 4.68 Å². The van der Waals surface area contributed by atoms with Gasteiger partial charge < -0.3 is 0 Å². The van der Waals surface area contributed by atoms with Crippen LogP contribution < -0.4 is 5.56 Å². The molecule has 0 fully saturated rings. The van der Waals surface area contributed by atoms with Crippen molar-refractivity contribution in [2.45, 2.75) is 32.7 Å². The van der Waals surface area contributed by atoms with E-state index in [2.05, 4.69) is 25.9 Å². The summed E-state index contributed by atoms with van der Waals surface area (Å²) in [7, 11) is 0. The van der Waals surface area contributed by atoms with E-state index < -0.39 is 0 Å². The van der Waals surface area contributed by atoms with Gasteiger partial charge in [-0.2, -0.15) is 0 Å². The monoisotopic (exact) mass is 230 g/mol. The maximum absolute atomic E-state index is 11.8. The predicted molar refractivity (Wildman–Crippen MR) is 69.3 cm³/mol. The van der Waals surface area contributed by atoms with Crippen molar-refractivity contribution >= 4 is 0 Å². The molecule has 17 heavy (non-hydrogen) atoms. The van der Waals surface area contributed by atoms with Crippen molar-refractivity contribution in [3.63, 3.8) is 0 Å². The second kappa shape index (κ2) is 4.24. The standard InChI is InChI=1S/C14H18N2O/c1-14(2,3)12-9-13(17)16(15-12)10-11-7-5-4-6-8-11/h4-9,15H,10H2,1-3H3. The van der Waals surface area contributed by atoms with E-state index in [-0.39, 0.29) is 11.0 Å². The summed E-state index contributed by atoms with van der Waals surface area (Å²) in [4.78, 5) is 11.8. The summed E-state index contributed by atoms with van der Waals surface area (Å²) in [5, 5.41) is 3.17. The van der Waals surface area contributed by atoms with Gasteiger partial charge in [0, 0.05) is 17.2 Å². The summed E-state index contributed by atoms with van der Waals surface area (Å²) in [6, 6.07) is 11.7. The molecule has 1 aromatic carbocycles. The maximum Gasteiger partial charge on any atom is 0.267 e. The molecule has 0 spiro atoms. The highest BCUT2D eigenvalue weighted by Crippen LogP contribution is 2.18. The summed E-state index contributed by atoms with van der Waals surface area (Å²) >= 11 is 0. The number of hydrogen-bond donors (Lipinski definition) is 1. The van der Waals surface area contributed by atoms with Crippen LogP contribution in [0, 0.1) is 0 Å². The normalized spacial score (nSPS) is 11.7.